The number of hydrogen-bond donors (Lipinski definition) is 1. The molecular formula is C18H17F3N2O4. The maximum absolute atomic E-state index is 12.5. The van der Waals surface area contributed by atoms with Gasteiger partial charge in [-0.1, -0.05) is 0 Å². The standard InChI is InChI=1S/C18H17F3N2O4/c1-11-14(17(25)26)7-8-15(22-11)16(24)23(2)9-10-27-13-5-3-12(4-6-13)18(19,20)21/h3-8H,9-10H2,1-2H3,(H,25,26). The predicted molar refractivity (Wildman–Crippen MR) is 89.8 cm³/mol. The fourth-order valence-electron chi connectivity index (χ4n) is 2.24. The van der Waals surface area contributed by atoms with Gasteiger partial charge in [-0.25, -0.2) is 9.78 Å². The van der Waals surface area contributed by atoms with Crippen molar-refractivity contribution < 1.29 is 32.6 Å². The number of carboxylic acids is 1. The van der Waals surface area contributed by atoms with E-state index in [1.807, 2.05) is 0 Å². The van der Waals surface area contributed by atoms with Crippen LogP contribution in [-0.4, -0.2) is 47.1 Å². The second-order valence-corrected chi connectivity index (χ2v) is 5.73. The Morgan fingerprint density at radius 3 is 2.30 bits per heavy atom. The second-order valence-electron chi connectivity index (χ2n) is 5.73. The van der Waals surface area contributed by atoms with Crippen LogP contribution < -0.4 is 4.74 Å². The van der Waals surface area contributed by atoms with Crippen molar-refractivity contribution in [2.24, 2.45) is 0 Å². The fourth-order valence-corrected chi connectivity index (χ4v) is 2.24. The summed E-state index contributed by atoms with van der Waals surface area (Å²) in [5.74, 6) is -1.30. The summed E-state index contributed by atoms with van der Waals surface area (Å²) in [5.41, 5.74) is -0.439. The topological polar surface area (TPSA) is 79.7 Å². The molecule has 0 unspecified atom stereocenters. The van der Waals surface area contributed by atoms with Gasteiger partial charge < -0.3 is 14.7 Å². The van der Waals surface area contributed by atoms with Gasteiger partial charge in [-0.2, -0.15) is 13.2 Å². The van der Waals surface area contributed by atoms with Gasteiger partial charge in [-0.05, 0) is 43.3 Å². The lowest BCUT2D eigenvalue weighted by molar-refractivity contribution is -0.137. The van der Waals surface area contributed by atoms with Crippen LogP contribution in [0.3, 0.4) is 0 Å². The van der Waals surface area contributed by atoms with Gasteiger partial charge in [0.05, 0.1) is 23.4 Å². The number of hydrogen-bond acceptors (Lipinski definition) is 4. The highest BCUT2D eigenvalue weighted by Crippen LogP contribution is 2.30. The van der Waals surface area contributed by atoms with E-state index in [0.717, 1.165) is 12.1 Å². The number of halogens is 3. The lowest BCUT2D eigenvalue weighted by atomic mass is 10.2. The van der Waals surface area contributed by atoms with Gasteiger partial charge in [0.1, 0.15) is 18.1 Å². The second kappa shape index (κ2) is 8.07. The molecule has 0 aliphatic heterocycles. The highest BCUT2D eigenvalue weighted by atomic mass is 19.4. The third-order valence-corrected chi connectivity index (χ3v) is 3.76. The van der Waals surface area contributed by atoms with Crippen molar-refractivity contribution in [1.82, 2.24) is 9.88 Å². The summed E-state index contributed by atoms with van der Waals surface area (Å²) < 4.78 is 42.9. The molecule has 0 bridgehead atoms. The Hall–Kier alpha value is -3.10. The van der Waals surface area contributed by atoms with E-state index >= 15 is 0 Å². The summed E-state index contributed by atoms with van der Waals surface area (Å²) in [6.45, 7) is 1.73. The molecule has 6 nitrogen and oxygen atoms in total. The molecule has 9 heteroatoms. The molecule has 0 atom stereocenters. The van der Waals surface area contributed by atoms with Gasteiger partial charge >= 0.3 is 12.1 Å². The molecule has 0 saturated heterocycles. The molecule has 144 valence electrons. The Morgan fingerprint density at radius 2 is 1.78 bits per heavy atom. The third-order valence-electron chi connectivity index (χ3n) is 3.76. The minimum atomic E-state index is -4.41. The number of carbonyl (C=O) groups excluding carboxylic acids is 1. The summed E-state index contributed by atoms with van der Waals surface area (Å²) in [7, 11) is 1.51. The van der Waals surface area contributed by atoms with Gasteiger partial charge in [0, 0.05) is 7.05 Å². The molecule has 0 saturated carbocycles. The molecule has 2 rings (SSSR count). The van der Waals surface area contributed by atoms with Gasteiger partial charge in [0.2, 0.25) is 0 Å². The number of ether oxygens (including phenoxy) is 1. The first-order chi connectivity index (χ1) is 12.6. The lowest BCUT2D eigenvalue weighted by Gasteiger charge is -2.17. The fraction of sp³-hybridized carbons (Fsp3) is 0.278. The van der Waals surface area contributed by atoms with Crippen LogP contribution in [0.1, 0.15) is 32.1 Å². The van der Waals surface area contributed by atoms with Gasteiger partial charge in [-0.3, -0.25) is 4.79 Å². The molecule has 0 aliphatic carbocycles. The minimum absolute atomic E-state index is 0.0137. The third kappa shape index (κ3) is 5.19. The largest absolute Gasteiger partial charge is 0.492 e. The summed E-state index contributed by atoms with van der Waals surface area (Å²) in [6, 6.07) is 6.89. The van der Waals surface area contributed by atoms with Crippen molar-refractivity contribution in [1.29, 1.82) is 0 Å². The van der Waals surface area contributed by atoms with E-state index in [1.165, 1.54) is 43.1 Å². The normalized spacial score (nSPS) is 11.1. The number of amides is 1. The van der Waals surface area contributed by atoms with Crippen molar-refractivity contribution in [2.45, 2.75) is 13.1 Å². The Balaban J connectivity index is 1.91. The first-order valence-electron chi connectivity index (χ1n) is 7.86. The van der Waals surface area contributed by atoms with E-state index in [4.69, 9.17) is 9.84 Å². The number of carbonyl (C=O) groups is 2. The first-order valence-corrected chi connectivity index (χ1v) is 7.86. The van der Waals surface area contributed by atoms with Crippen LogP contribution in [-0.2, 0) is 6.18 Å². The van der Waals surface area contributed by atoms with Crippen LogP contribution in [0, 0.1) is 6.92 Å². The Morgan fingerprint density at radius 1 is 1.15 bits per heavy atom. The Kier molecular flexibility index (Phi) is 6.04. The molecular weight excluding hydrogens is 365 g/mol. The molecule has 1 N–H and O–H groups in total. The van der Waals surface area contributed by atoms with Crippen molar-refractivity contribution in [2.75, 3.05) is 20.2 Å². The number of aromatic nitrogens is 1. The quantitative estimate of drug-likeness (QED) is 0.830. The smallest absolute Gasteiger partial charge is 0.416 e. The van der Waals surface area contributed by atoms with E-state index in [-0.39, 0.29) is 35.9 Å². The number of likely N-dealkylation sites (N-methyl/N-ethyl adjacent to an activating group) is 1. The molecule has 1 aromatic heterocycles. The number of aryl methyl sites for hydroxylation is 1. The van der Waals surface area contributed by atoms with Gasteiger partial charge in [0.15, 0.2) is 0 Å². The molecule has 0 radical (unpaired) electrons. The average Bonchev–Trinajstić information content (AvgIpc) is 2.60. The van der Waals surface area contributed by atoms with Crippen LogP contribution in [0.25, 0.3) is 0 Å². The van der Waals surface area contributed by atoms with E-state index in [0.29, 0.717) is 0 Å². The monoisotopic (exact) mass is 382 g/mol. The average molecular weight is 382 g/mol. The zero-order valence-electron chi connectivity index (χ0n) is 14.6. The maximum Gasteiger partial charge on any atom is 0.416 e. The van der Waals surface area contributed by atoms with Crippen LogP contribution in [0.15, 0.2) is 36.4 Å². The van der Waals surface area contributed by atoms with Crippen LogP contribution in [0.5, 0.6) is 5.75 Å². The SMILES string of the molecule is Cc1nc(C(=O)N(C)CCOc2ccc(C(F)(F)F)cc2)ccc1C(=O)O. The predicted octanol–water partition coefficient (Wildman–Crippen LogP) is 3.26. The zero-order valence-corrected chi connectivity index (χ0v) is 14.6. The van der Waals surface area contributed by atoms with Crippen molar-refractivity contribution in [3.63, 3.8) is 0 Å². The number of nitrogens with zero attached hydrogens (tertiary/aromatic N) is 2. The first kappa shape index (κ1) is 20.2. The van der Waals surface area contributed by atoms with Crippen LogP contribution in [0.4, 0.5) is 13.2 Å². The van der Waals surface area contributed by atoms with Crippen LogP contribution >= 0.6 is 0 Å². The number of rotatable bonds is 6. The number of pyridine rings is 1. The number of aromatic carboxylic acids is 1. The maximum atomic E-state index is 12.5. The highest BCUT2D eigenvalue weighted by Gasteiger charge is 2.30. The van der Waals surface area contributed by atoms with E-state index in [9.17, 15) is 22.8 Å². The molecule has 1 heterocycles. The van der Waals surface area contributed by atoms with Gasteiger partial charge in [-0.15, -0.1) is 0 Å². The Labute approximate surface area is 153 Å². The molecule has 0 aliphatic rings. The molecule has 0 spiro atoms. The minimum Gasteiger partial charge on any atom is -0.492 e. The molecule has 27 heavy (non-hydrogen) atoms. The number of benzene rings is 1. The summed E-state index contributed by atoms with van der Waals surface area (Å²) in [5, 5.41) is 8.98. The summed E-state index contributed by atoms with van der Waals surface area (Å²) in [4.78, 5) is 28.6. The van der Waals surface area contributed by atoms with Crippen molar-refractivity contribution in [3.05, 3.63) is 58.9 Å². The summed E-state index contributed by atoms with van der Waals surface area (Å²) >= 11 is 0. The van der Waals surface area contributed by atoms with Gasteiger partial charge in [0.25, 0.3) is 5.91 Å². The van der Waals surface area contributed by atoms with Crippen LogP contribution in [0.2, 0.25) is 0 Å². The van der Waals surface area contributed by atoms with Crippen molar-refractivity contribution in [3.8, 4) is 5.75 Å². The lowest BCUT2D eigenvalue weighted by Crippen LogP contribution is -2.31. The summed E-state index contributed by atoms with van der Waals surface area (Å²) in [6.07, 6.45) is -4.41. The number of carboxylic acid groups (broad SMARTS) is 1. The van der Waals surface area contributed by atoms with E-state index in [1.54, 1.807) is 0 Å². The van der Waals surface area contributed by atoms with E-state index in [2.05, 4.69) is 4.98 Å². The highest BCUT2D eigenvalue weighted by molar-refractivity contribution is 5.94. The number of alkyl halides is 3. The molecule has 0 fully saturated rings. The molecule has 2 aromatic rings. The van der Waals surface area contributed by atoms with Crippen molar-refractivity contribution >= 4 is 11.9 Å². The molecule has 1 aromatic carbocycles. The zero-order chi connectivity index (χ0) is 20.2. The van der Waals surface area contributed by atoms with E-state index < -0.39 is 23.6 Å². The Bertz CT molecular complexity index is 835. The molecule has 1 amide bonds.